The van der Waals surface area contributed by atoms with Crippen LogP contribution >= 0.6 is 0 Å². The normalized spacial score (nSPS) is 20.3. The van der Waals surface area contributed by atoms with Crippen LogP contribution < -0.4 is 4.90 Å². The van der Waals surface area contributed by atoms with Crippen molar-refractivity contribution in [3.63, 3.8) is 0 Å². The predicted octanol–water partition coefficient (Wildman–Crippen LogP) is 1.73. The van der Waals surface area contributed by atoms with Gasteiger partial charge in [0.1, 0.15) is 5.82 Å². The summed E-state index contributed by atoms with van der Waals surface area (Å²) in [5, 5.41) is 10.1. The first-order valence-electron chi connectivity index (χ1n) is 6.73. The third kappa shape index (κ3) is 2.57. The van der Waals surface area contributed by atoms with Gasteiger partial charge in [-0.05, 0) is 18.6 Å². The number of pyridine rings is 1. The third-order valence-corrected chi connectivity index (χ3v) is 5.69. The largest absolute Gasteiger partial charge is 0.356 e. The molecule has 1 aromatic heterocycles. The summed E-state index contributed by atoms with van der Waals surface area (Å²) in [7, 11) is -1.10. The summed E-state index contributed by atoms with van der Waals surface area (Å²) >= 11 is 0. The Labute approximate surface area is 123 Å². The molecule has 1 aliphatic heterocycles. The lowest BCUT2D eigenvalue weighted by molar-refractivity contribution is 0.600. The zero-order valence-corrected chi connectivity index (χ0v) is 12.5. The molecule has 1 aliphatic rings. The number of hydrogen-bond acceptors (Lipinski definition) is 5. The molecule has 108 valence electrons. The van der Waals surface area contributed by atoms with Crippen molar-refractivity contribution in [2.24, 2.45) is 0 Å². The van der Waals surface area contributed by atoms with Gasteiger partial charge in [0.05, 0.1) is 28.7 Å². The number of sulfone groups is 1. The first-order valence-corrected chi connectivity index (χ1v) is 8.55. The van der Waals surface area contributed by atoms with Crippen LogP contribution in [0.5, 0.6) is 0 Å². The van der Waals surface area contributed by atoms with Crippen LogP contribution in [0.2, 0.25) is 0 Å². The van der Waals surface area contributed by atoms with Crippen molar-refractivity contribution < 1.29 is 8.42 Å². The quantitative estimate of drug-likeness (QED) is 0.844. The fourth-order valence-electron chi connectivity index (χ4n) is 2.70. The van der Waals surface area contributed by atoms with Crippen molar-refractivity contribution >= 4 is 26.6 Å². The molecule has 0 bridgehead atoms. The molecule has 1 atom stereocenters. The molecule has 1 aromatic carbocycles. The Morgan fingerprint density at radius 2 is 2.14 bits per heavy atom. The van der Waals surface area contributed by atoms with Gasteiger partial charge in [-0.3, -0.25) is 0 Å². The van der Waals surface area contributed by atoms with Crippen molar-refractivity contribution in [3.05, 3.63) is 35.9 Å². The summed E-state index contributed by atoms with van der Waals surface area (Å²) < 4.78 is 23.2. The van der Waals surface area contributed by atoms with Gasteiger partial charge in [0, 0.05) is 18.5 Å². The van der Waals surface area contributed by atoms with Crippen LogP contribution in [-0.4, -0.2) is 38.0 Å². The minimum absolute atomic E-state index is 0.0739. The van der Waals surface area contributed by atoms with Crippen LogP contribution in [0.15, 0.2) is 30.3 Å². The second kappa shape index (κ2) is 5.01. The average Bonchev–Trinajstić information content (AvgIpc) is 2.85. The van der Waals surface area contributed by atoms with Crippen molar-refractivity contribution in [2.75, 3.05) is 23.5 Å². The van der Waals surface area contributed by atoms with Gasteiger partial charge < -0.3 is 4.90 Å². The highest BCUT2D eigenvalue weighted by Crippen LogP contribution is 2.26. The van der Waals surface area contributed by atoms with Crippen LogP contribution in [-0.2, 0) is 9.84 Å². The zero-order valence-electron chi connectivity index (χ0n) is 11.7. The topological polar surface area (TPSA) is 74.1 Å². The van der Waals surface area contributed by atoms with Crippen molar-refractivity contribution in [1.82, 2.24) is 4.98 Å². The Morgan fingerprint density at radius 1 is 1.38 bits per heavy atom. The Kier molecular flexibility index (Phi) is 3.30. The molecule has 1 saturated heterocycles. The third-order valence-electron chi connectivity index (χ3n) is 3.94. The fraction of sp³-hybridized carbons (Fsp3) is 0.333. The smallest absolute Gasteiger partial charge is 0.152 e. The zero-order chi connectivity index (χ0) is 15.0. The van der Waals surface area contributed by atoms with Crippen LogP contribution in [0.25, 0.3) is 10.9 Å². The number of aromatic nitrogens is 1. The Hall–Kier alpha value is -2.13. The minimum atomic E-state index is -2.94. The molecule has 21 heavy (non-hydrogen) atoms. The van der Waals surface area contributed by atoms with E-state index in [0.29, 0.717) is 17.8 Å². The van der Waals surface area contributed by atoms with Gasteiger partial charge in [-0.15, -0.1) is 0 Å². The van der Waals surface area contributed by atoms with Crippen LogP contribution in [0.1, 0.15) is 12.0 Å². The molecule has 0 saturated carbocycles. The van der Waals surface area contributed by atoms with Crippen LogP contribution in [0.3, 0.4) is 0 Å². The molecule has 5 nitrogen and oxygen atoms in total. The molecule has 0 radical (unpaired) electrons. The van der Waals surface area contributed by atoms with Gasteiger partial charge in [0.15, 0.2) is 9.84 Å². The molecule has 3 rings (SSSR count). The number of benzene rings is 1. The first kappa shape index (κ1) is 13.8. The van der Waals surface area contributed by atoms with Crippen LogP contribution in [0, 0.1) is 11.3 Å². The molecule has 0 spiro atoms. The van der Waals surface area contributed by atoms with E-state index in [4.69, 9.17) is 0 Å². The number of hydrogen-bond donors (Lipinski definition) is 0. The van der Waals surface area contributed by atoms with E-state index in [1.165, 1.54) is 0 Å². The molecule has 6 heteroatoms. The second-order valence-electron chi connectivity index (χ2n) is 5.32. The van der Waals surface area contributed by atoms with E-state index in [-0.39, 0.29) is 17.5 Å². The molecule has 2 aromatic rings. The fourth-order valence-corrected chi connectivity index (χ4v) is 4.48. The van der Waals surface area contributed by atoms with Gasteiger partial charge in [-0.2, -0.15) is 5.26 Å². The van der Waals surface area contributed by atoms with Gasteiger partial charge in [0.25, 0.3) is 0 Å². The monoisotopic (exact) mass is 301 g/mol. The predicted molar refractivity (Wildman–Crippen MR) is 81.9 cm³/mol. The standard InChI is InChI=1S/C15H15N3O2S/c1-18(12-6-7-21(19,20)10-12)15-8-11(9-16)13-4-2-3-5-14(13)17-15/h2-5,8,12H,6-7,10H2,1H3. The first-order chi connectivity index (χ1) is 10.00. The minimum Gasteiger partial charge on any atom is -0.356 e. The van der Waals surface area contributed by atoms with Crippen molar-refractivity contribution in [1.29, 1.82) is 5.26 Å². The lowest BCUT2D eigenvalue weighted by Crippen LogP contribution is -2.33. The number of anilines is 1. The van der Waals surface area contributed by atoms with E-state index in [1.807, 2.05) is 36.2 Å². The van der Waals surface area contributed by atoms with E-state index >= 15 is 0 Å². The lowest BCUT2D eigenvalue weighted by Gasteiger charge is -2.25. The van der Waals surface area contributed by atoms with E-state index in [1.54, 1.807) is 6.07 Å². The van der Waals surface area contributed by atoms with E-state index in [9.17, 15) is 13.7 Å². The molecular formula is C15H15N3O2S. The Morgan fingerprint density at radius 3 is 2.81 bits per heavy atom. The Bertz CT molecular complexity index is 840. The van der Waals surface area contributed by atoms with Gasteiger partial charge in [-0.1, -0.05) is 18.2 Å². The molecular weight excluding hydrogens is 286 g/mol. The Balaban J connectivity index is 2.03. The van der Waals surface area contributed by atoms with Crippen molar-refractivity contribution in [2.45, 2.75) is 12.5 Å². The summed E-state index contributed by atoms with van der Waals surface area (Å²) in [6, 6.07) is 11.3. The molecule has 2 heterocycles. The summed E-state index contributed by atoms with van der Waals surface area (Å²) in [6.07, 6.45) is 0.606. The maximum atomic E-state index is 11.6. The highest BCUT2D eigenvalue weighted by atomic mass is 32.2. The highest BCUT2D eigenvalue weighted by Gasteiger charge is 2.31. The molecule has 1 unspecified atom stereocenters. The summed E-state index contributed by atoms with van der Waals surface area (Å²) in [6.45, 7) is 0. The maximum Gasteiger partial charge on any atom is 0.152 e. The number of fused-ring (bicyclic) bond motifs is 1. The second-order valence-corrected chi connectivity index (χ2v) is 7.55. The van der Waals surface area contributed by atoms with Crippen molar-refractivity contribution in [3.8, 4) is 6.07 Å². The molecule has 0 N–H and O–H groups in total. The number of para-hydroxylation sites is 1. The van der Waals surface area contributed by atoms with E-state index in [0.717, 1.165) is 10.9 Å². The summed E-state index contributed by atoms with van der Waals surface area (Å²) in [5.74, 6) is 1.02. The lowest BCUT2D eigenvalue weighted by atomic mass is 10.1. The maximum absolute atomic E-state index is 11.6. The molecule has 1 fully saturated rings. The summed E-state index contributed by atoms with van der Waals surface area (Å²) in [5.41, 5.74) is 1.31. The molecule has 0 amide bonds. The van der Waals surface area contributed by atoms with Gasteiger partial charge >= 0.3 is 0 Å². The van der Waals surface area contributed by atoms with E-state index < -0.39 is 9.84 Å². The van der Waals surface area contributed by atoms with Gasteiger partial charge in [-0.25, -0.2) is 13.4 Å². The number of rotatable bonds is 2. The summed E-state index contributed by atoms with van der Waals surface area (Å²) in [4.78, 5) is 6.43. The number of nitriles is 1. The highest BCUT2D eigenvalue weighted by molar-refractivity contribution is 7.91. The average molecular weight is 301 g/mol. The van der Waals surface area contributed by atoms with Crippen LogP contribution in [0.4, 0.5) is 5.82 Å². The molecule has 0 aliphatic carbocycles. The number of nitrogens with zero attached hydrogens (tertiary/aromatic N) is 3. The SMILES string of the molecule is CN(c1cc(C#N)c2ccccc2n1)C1CCS(=O)(=O)C1. The van der Waals surface area contributed by atoms with E-state index in [2.05, 4.69) is 11.1 Å². The van der Waals surface area contributed by atoms with Gasteiger partial charge in [0.2, 0.25) is 0 Å².